The molecule has 0 amide bonds. The lowest BCUT2D eigenvalue weighted by Crippen LogP contribution is -2.56. The van der Waals surface area contributed by atoms with E-state index in [1.807, 2.05) is 12.1 Å². The summed E-state index contributed by atoms with van der Waals surface area (Å²) in [6.07, 6.45) is 7.81. The molecule has 0 spiro atoms. The Hall–Kier alpha value is -3.00. The Labute approximate surface area is 163 Å². The van der Waals surface area contributed by atoms with Crippen molar-refractivity contribution in [2.24, 2.45) is 5.92 Å². The van der Waals surface area contributed by atoms with Gasteiger partial charge in [-0.15, -0.1) is 10.2 Å². The van der Waals surface area contributed by atoms with Crippen LogP contribution in [0.1, 0.15) is 19.8 Å². The minimum Gasteiger partial charge on any atom is -0.507 e. The van der Waals surface area contributed by atoms with Gasteiger partial charge in [0.1, 0.15) is 11.4 Å². The molecule has 2 fully saturated rings. The van der Waals surface area contributed by atoms with E-state index in [0.717, 1.165) is 30.1 Å². The van der Waals surface area contributed by atoms with Crippen LogP contribution in [0.25, 0.3) is 22.4 Å². The van der Waals surface area contributed by atoms with Gasteiger partial charge in [0.2, 0.25) is 5.95 Å². The molecule has 3 heterocycles. The molecule has 5 rings (SSSR count). The lowest BCUT2D eigenvalue weighted by molar-refractivity contribution is 0.355. The van der Waals surface area contributed by atoms with Crippen LogP contribution in [0.3, 0.4) is 0 Å². The Kier molecular flexibility index (Phi) is 4.20. The second-order valence-electron chi connectivity index (χ2n) is 7.78. The highest BCUT2D eigenvalue weighted by atomic mass is 16.3. The second kappa shape index (κ2) is 6.87. The van der Waals surface area contributed by atoms with E-state index in [4.69, 9.17) is 0 Å². The second-order valence-corrected chi connectivity index (χ2v) is 7.78. The molecule has 0 radical (unpaired) electrons. The summed E-state index contributed by atoms with van der Waals surface area (Å²) in [6, 6.07) is 6.37. The number of hydrogen-bond acceptors (Lipinski definition) is 7. The maximum Gasteiger partial charge on any atom is 0.245 e. The first-order chi connectivity index (χ1) is 13.7. The van der Waals surface area contributed by atoms with E-state index >= 15 is 0 Å². The van der Waals surface area contributed by atoms with Crippen LogP contribution in [0, 0.1) is 5.92 Å². The normalized spacial score (nSPS) is 22.4. The molecule has 144 valence electrons. The topological polar surface area (TPSA) is 103 Å². The van der Waals surface area contributed by atoms with Crippen molar-refractivity contribution in [3.63, 3.8) is 0 Å². The highest BCUT2D eigenvalue weighted by molar-refractivity contribution is 5.73. The first-order valence-electron chi connectivity index (χ1n) is 9.70. The van der Waals surface area contributed by atoms with E-state index in [0.29, 0.717) is 29.3 Å². The maximum atomic E-state index is 10.5. The minimum atomic E-state index is 0.146. The van der Waals surface area contributed by atoms with Crippen LogP contribution in [-0.4, -0.2) is 55.7 Å². The van der Waals surface area contributed by atoms with Crippen LogP contribution in [0.15, 0.2) is 36.8 Å². The highest BCUT2D eigenvalue weighted by Gasteiger charge is 2.36. The Morgan fingerprint density at radius 3 is 2.68 bits per heavy atom. The number of rotatable bonds is 4. The summed E-state index contributed by atoms with van der Waals surface area (Å²) < 4.78 is 0. The van der Waals surface area contributed by atoms with Gasteiger partial charge in [-0.05, 0) is 43.4 Å². The standard InChI is InChI=1S/C20H23N7O/c1-12-10-27(11-18(24-12)13-2-3-13)20-21-9-17(25-26-20)16-5-4-14(6-19(16)28)15-7-22-23-8-15/h4-9,12-13,18,24,28H,2-3,10-11H2,1H3,(H,22,23)/t12-,18-/m1/s1. The molecule has 8 nitrogen and oxygen atoms in total. The number of phenols is 1. The molecule has 2 aromatic heterocycles. The fourth-order valence-electron chi connectivity index (χ4n) is 3.93. The molecule has 1 saturated heterocycles. The molecule has 0 unspecified atom stereocenters. The number of nitrogens with one attached hydrogen (secondary N) is 2. The summed E-state index contributed by atoms with van der Waals surface area (Å²) in [5.74, 6) is 1.58. The first kappa shape index (κ1) is 17.1. The van der Waals surface area contributed by atoms with Crippen LogP contribution in [0.2, 0.25) is 0 Å². The number of nitrogens with zero attached hydrogens (tertiary/aromatic N) is 5. The number of benzene rings is 1. The van der Waals surface area contributed by atoms with E-state index < -0.39 is 0 Å². The third kappa shape index (κ3) is 3.31. The van der Waals surface area contributed by atoms with Crippen molar-refractivity contribution in [2.75, 3.05) is 18.0 Å². The number of H-pyrrole nitrogens is 1. The predicted molar refractivity (Wildman–Crippen MR) is 106 cm³/mol. The molecule has 2 aliphatic rings. The van der Waals surface area contributed by atoms with Gasteiger partial charge in [-0.2, -0.15) is 5.10 Å². The zero-order chi connectivity index (χ0) is 19.1. The molecule has 2 atom stereocenters. The summed E-state index contributed by atoms with van der Waals surface area (Å²) >= 11 is 0. The number of phenolic OH excluding ortho intramolecular Hbond substituents is 1. The molecule has 3 aromatic rings. The predicted octanol–water partition coefficient (Wildman–Crippen LogP) is 2.21. The summed E-state index contributed by atoms with van der Waals surface area (Å²) in [7, 11) is 0. The van der Waals surface area contributed by atoms with Crippen LogP contribution in [0.5, 0.6) is 5.75 Å². The van der Waals surface area contributed by atoms with Crippen molar-refractivity contribution in [3.8, 4) is 28.1 Å². The SMILES string of the molecule is C[C@@H]1CN(c2ncc(-c3ccc(-c4cn[nH]c4)cc3O)nn2)C[C@H](C2CC2)N1. The van der Waals surface area contributed by atoms with E-state index in [1.54, 1.807) is 24.7 Å². The van der Waals surface area contributed by atoms with Gasteiger partial charge in [0.15, 0.2) is 0 Å². The Morgan fingerprint density at radius 1 is 1.11 bits per heavy atom. The molecule has 3 N–H and O–H groups in total. The molecule has 0 bridgehead atoms. The van der Waals surface area contributed by atoms with Crippen LogP contribution < -0.4 is 10.2 Å². The van der Waals surface area contributed by atoms with Crippen molar-refractivity contribution >= 4 is 5.95 Å². The molecular weight excluding hydrogens is 354 g/mol. The molecule has 1 aliphatic heterocycles. The number of aromatic hydroxyl groups is 1. The van der Waals surface area contributed by atoms with Crippen LogP contribution in [0.4, 0.5) is 5.95 Å². The average Bonchev–Trinajstić information content (AvgIpc) is 3.42. The van der Waals surface area contributed by atoms with Gasteiger partial charge in [-0.3, -0.25) is 5.10 Å². The molecule has 1 saturated carbocycles. The fraction of sp³-hybridized carbons (Fsp3) is 0.400. The monoisotopic (exact) mass is 377 g/mol. The van der Waals surface area contributed by atoms with Gasteiger partial charge in [0.05, 0.1) is 12.4 Å². The first-order valence-corrected chi connectivity index (χ1v) is 9.70. The smallest absolute Gasteiger partial charge is 0.245 e. The van der Waals surface area contributed by atoms with Gasteiger partial charge in [-0.1, -0.05) is 6.07 Å². The van der Waals surface area contributed by atoms with E-state index in [-0.39, 0.29) is 5.75 Å². The molecular formula is C20H23N7O. The maximum absolute atomic E-state index is 10.5. The lowest BCUT2D eigenvalue weighted by atomic mass is 10.0. The largest absolute Gasteiger partial charge is 0.507 e. The van der Waals surface area contributed by atoms with E-state index in [1.165, 1.54) is 12.8 Å². The average molecular weight is 377 g/mol. The summed E-state index contributed by atoms with van der Waals surface area (Å²) in [4.78, 5) is 6.75. The number of anilines is 1. The quantitative estimate of drug-likeness (QED) is 0.640. The highest BCUT2D eigenvalue weighted by Crippen LogP contribution is 2.35. The minimum absolute atomic E-state index is 0.146. The van der Waals surface area contributed by atoms with Crippen LogP contribution in [-0.2, 0) is 0 Å². The van der Waals surface area contributed by atoms with Crippen molar-refractivity contribution in [1.82, 2.24) is 30.7 Å². The zero-order valence-electron chi connectivity index (χ0n) is 15.7. The Balaban J connectivity index is 1.36. The number of aromatic amines is 1. The zero-order valence-corrected chi connectivity index (χ0v) is 15.7. The summed E-state index contributed by atoms with van der Waals surface area (Å²) in [5.41, 5.74) is 2.97. The summed E-state index contributed by atoms with van der Waals surface area (Å²) in [6.45, 7) is 3.98. The van der Waals surface area contributed by atoms with Crippen LogP contribution >= 0.6 is 0 Å². The lowest BCUT2D eigenvalue weighted by Gasteiger charge is -2.37. The molecule has 1 aliphatic carbocycles. The Bertz CT molecular complexity index is 953. The number of hydrogen-bond donors (Lipinski definition) is 3. The van der Waals surface area contributed by atoms with E-state index in [9.17, 15) is 5.11 Å². The molecule has 8 heteroatoms. The number of aromatic nitrogens is 5. The van der Waals surface area contributed by atoms with Crippen molar-refractivity contribution in [3.05, 3.63) is 36.8 Å². The van der Waals surface area contributed by atoms with E-state index in [2.05, 4.69) is 42.5 Å². The third-order valence-corrected chi connectivity index (χ3v) is 5.54. The Morgan fingerprint density at radius 2 is 2.00 bits per heavy atom. The number of piperazine rings is 1. The summed E-state index contributed by atoms with van der Waals surface area (Å²) in [5, 5.41) is 29.5. The third-order valence-electron chi connectivity index (χ3n) is 5.54. The molecule has 1 aromatic carbocycles. The van der Waals surface area contributed by atoms with Crippen molar-refractivity contribution < 1.29 is 5.11 Å². The van der Waals surface area contributed by atoms with Gasteiger partial charge < -0.3 is 15.3 Å². The van der Waals surface area contributed by atoms with Gasteiger partial charge in [-0.25, -0.2) is 4.98 Å². The van der Waals surface area contributed by atoms with Crippen molar-refractivity contribution in [2.45, 2.75) is 31.8 Å². The van der Waals surface area contributed by atoms with Gasteiger partial charge in [0.25, 0.3) is 0 Å². The van der Waals surface area contributed by atoms with Gasteiger partial charge in [0, 0.05) is 42.5 Å². The molecule has 28 heavy (non-hydrogen) atoms. The van der Waals surface area contributed by atoms with Gasteiger partial charge >= 0.3 is 0 Å². The fourth-order valence-corrected chi connectivity index (χ4v) is 3.93. The van der Waals surface area contributed by atoms with Crippen molar-refractivity contribution in [1.29, 1.82) is 0 Å².